The van der Waals surface area contributed by atoms with E-state index in [2.05, 4.69) is 16.9 Å². The highest BCUT2D eigenvalue weighted by Crippen LogP contribution is 2.22. The fourth-order valence-corrected chi connectivity index (χ4v) is 1.72. The number of oxazole rings is 1. The first-order valence-electron chi connectivity index (χ1n) is 6.01. The van der Waals surface area contributed by atoms with Crippen LogP contribution in [0.15, 0.2) is 27.6 Å². The number of hydrogen-bond acceptors (Lipinski definition) is 3. The molecule has 0 aliphatic heterocycles. The Balaban J connectivity index is 2.28. The van der Waals surface area contributed by atoms with Gasteiger partial charge in [0.1, 0.15) is 11.4 Å². The van der Waals surface area contributed by atoms with Crippen LogP contribution in [-0.2, 0) is 6.42 Å². The van der Waals surface area contributed by atoms with Gasteiger partial charge in [-0.15, -0.1) is 11.6 Å². The van der Waals surface area contributed by atoms with Gasteiger partial charge in [-0.1, -0.05) is 13.3 Å². The summed E-state index contributed by atoms with van der Waals surface area (Å²) in [7, 11) is 0. The van der Waals surface area contributed by atoms with Crippen LogP contribution in [0.1, 0.15) is 25.7 Å². The quantitative estimate of drug-likeness (QED) is 0.512. The maximum Gasteiger partial charge on any atom is 0.195 e. The molecular weight excluding hydrogens is 250 g/mol. The van der Waals surface area contributed by atoms with E-state index in [1.807, 2.05) is 18.2 Å². The fourth-order valence-electron chi connectivity index (χ4n) is 1.66. The summed E-state index contributed by atoms with van der Waals surface area (Å²) in [5, 5.41) is 0. The van der Waals surface area contributed by atoms with E-state index in [1.165, 1.54) is 0 Å². The highest BCUT2D eigenvalue weighted by molar-refractivity contribution is 6.28. The number of benzene rings is 1. The van der Waals surface area contributed by atoms with Crippen LogP contribution in [0.2, 0.25) is 0 Å². The van der Waals surface area contributed by atoms with Crippen LogP contribution in [0.3, 0.4) is 0 Å². The van der Waals surface area contributed by atoms with Crippen molar-refractivity contribution < 1.29 is 4.42 Å². The molecular formula is C13H16ClN3O. The van der Waals surface area contributed by atoms with Crippen LogP contribution in [0.25, 0.3) is 11.1 Å². The van der Waals surface area contributed by atoms with Gasteiger partial charge in [-0.2, -0.15) is 0 Å². The van der Waals surface area contributed by atoms with Crippen molar-refractivity contribution in [1.82, 2.24) is 4.98 Å². The number of fused-ring (bicyclic) bond motifs is 1. The average Bonchev–Trinajstić information content (AvgIpc) is 2.78. The lowest BCUT2D eigenvalue weighted by molar-refractivity contribution is 0.518. The third kappa shape index (κ3) is 3.01. The molecule has 0 unspecified atom stereocenters. The van der Waals surface area contributed by atoms with Gasteiger partial charge in [-0.3, -0.25) is 0 Å². The molecule has 0 atom stereocenters. The third-order valence-electron chi connectivity index (χ3n) is 2.57. The fraction of sp³-hybridized carbons (Fsp3) is 0.385. The number of halogens is 1. The highest BCUT2D eigenvalue weighted by atomic mass is 35.5. The van der Waals surface area contributed by atoms with E-state index < -0.39 is 0 Å². The van der Waals surface area contributed by atoms with Gasteiger partial charge in [-0.05, 0) is 18.6 Å². The minimum Gasteiger partial charge on any atom is -0.441 e. The maximum absolute atomic E-state index is 5.67. The number of amidine groups is 1. The minimum atomic E-state index is 0.218. The van der Waals surface area contributed by atoms with Gasteiger partial charge >= 0.3 is 0 Å². The predicted molar refractivity (Wildman–Crippen MR) is 74.6 cm³/mol. The molecule has 0 radical (unpaired) electrons. The van der Waals surface area contributed by atoms with Crippen molar-refractivity contribution in [2.75, 3.05) is 5.88 Å². The van der Waals surface area contributed by atoms with Crippen molar-refractivity contribution in [3.05, 3.63) is 24.1 Å². The number of nitrogens with two attached hydrogens (primary N) is 1. The van der Waals surface area contributed by atoms with Gasteiger partial charge in [0.05, 0.1) is 11.6 Å². The molecule has 4 nitrogen and oxygen atoms in total. The summed E-state index contributed by atoms with van der Waals surface area (Å²) in [6.45, 7) is 2.14. The number of aliphatic imine (C=N–C) groups is 1. The summed E-state index contributed by atoms with van der Waals surface area (Å²) in [5.41, 5.74) is 7.92. The number of nitrogens with zero attached hydrogens (tertiary/aromatic N) is 2. The van der Waals surface area contributed by atoms with Crippen molar-refractivity contribution in [1.29, 1.82) is 0 Å². The van der Waals surface area contributed by atoms with E-state index in [0.29, 0.717) is 5.84 Å². The van der Waals surface area contributed by atoms with Crippen molar-refractivity contribution in [3.8, 4) is 0 Å². The summed E-state index contributed by atoms with van der Waals surface area (Å²) in [6, 6.07) is 5.57. The molecule has 0 fully saturated rings. The molecule has 0 saturated carbocycles. The Hall–Kier alpha value is -1.55. The normalized spacial score (nSPS) is 12.2. The molecule has 1 heterocycles. The Labute approximate surface area is 111 Å². The van der Waals surface area contributed by atoms with Crippen LogP contribution in [0.5, 0.6) is 0 Å². The Morgan fingerprint density at radius 1 is 1.50 bits per heavy atom. The van der Waals surface area contributed by atoms with Gasteiger partial charge in [-0.25, -0.2) is 9.98 Å². The lowest BCUT2D eigenvalue weighted by Crippen LogP contribution is -2.12. The molecule has 0 amide bonds. The van der Waals surface area contributed by atoms with E-state index in [-0.39, 0.29) is 5.88 Å². The molecule has 0 aliphatic carbocycles. The monoisotopic (exact) mass is 265 g/mol. The van der Waals surface area contributed by atoms with Crippen molar-refractivity contribution in [2.45, 2.75) is 26.2 Å². The standard InChI is InChI=1S/C13H16ClN3O/c1-2-3-4-13-17-10-6-5-9(7-11(10)18-13)16-12(15)8-14/h5-7H,2-4,8H2,1H3,(H2,15,16). The molecule has 18 heavy (non-hydrogen) atoms. The second-order valence-corrected chi connectivity index (χ2v) is 4.37. The lowest BCUT2D eigenvalue weighted by Gasteiger charge is -1.95. The van der Waals surface area contributed by atoms with Crippen molar-refractivity contribution in [3.63, 3.8) is 0 Å². The smallest absolute Gasteiger partial charge is 0.195 e. The van der Waals surface area contributed by atoms with Gasteiger partial charge in [0.15, 0.2) is 11.5 Å². The van der Waals surface area contributed by atoms with Crippen LogP contribution in [0, 0.1) is 0 Å². The zero-order chi connectivity index (χ0) is 13.0. The van der Waals surface area contributed by atoms with Gasteiger partial charge < -0.3 is 10.2 Å². The number of aromatic nitrogens is 1. The molecule has 0 saturated heterocycles. The second-order valence-electron chi connectivity index (χ2n) is 4.10. The number of aryl methyl sites for hydroxylation is 1. The molecule has 96 valence electrons. The summed E-state index contributed by atoms with van der Waals surface area (Å²) in [5.74, 6) is 1.39. The van der Waals surface area contributed by atoms with Crippen LogP contribution >= 0.6 is 11.6 Å². The molecule has 0 aliphatic rings. The van der Waals surface area contributed by atoms with Gasteiger partial charge in [0.2, 0.25) is 0 Å². The number of unbranched alkanes of at least 4 members (excludes halogenated alkanes) is 1. The number of rotatable bonds is 5. The van der Waals surface area contributed by atoms with Crippen molar-refractivity contribution in [2.24, 2.45) is 10.7 Å². The highest BCUT2D eigenvalue weighted by Gasteiger charge is 2.06. The van der Waals surface area contributed by atoms with Crippen LogP contribution in [0.4, 0.5) is 5.69 Å². The maximum atomic E-state index is 5.67. The largest absolute Gasteiger partial charge is 0.441 e. The van der Waals surface area contributed by atoms with E-state index in [4.69, 9.17) is 21.8 Å². The molecule has 2 N–H and O–H groups in total. The molecule has 2 rings (SSSR count). The van der Waals surface area contributed by atoms with Crippen LogP contribution in [-0.4, -0.2) is 16.7 Å². The molecule has 0 spiro atoms. The predicted octanol–water partition coefficient (Wildman–Crippen LogP) is 3.40. The van der Waals surface area contributed by atoms with Crippen LogP contribution < -0.4 is 5.73 Å². The van der Waals surface area contributed by atoms with E-state index in [0.717, 1.165) is 41.9 Å². The van der Waals surface area contributed by atoms with Gasteiger partial charge in [0.25, 0.3) is 0 Å². The van der Waals surface area contributed by atoms with Gasteiger partial charge in [0, 0.05) is 12.5 Å². The first-order chi connectivity index (χ1) is 8.72. The number of hydrogen-bond donors (Lipinski definition) is 1. The Kier molecular flexibility index (Phi) is 4.20. The summed E-state index contributed by atoms with van der Waals surface area (Å²) in [6.07, 6.45) is 3.07. The lowest BCUT2D eigenvalue weighted by atomic mass is 10.2. The van der Waals surface area contributed by atoms with E-state index in [1.54, 1.807) is 0 Å². The molecule has 5 heteroatoms. The van der Waals surface area contributed by atoms with Crippen molar-refractivity contribution >= 4 is 34.2 Å². The first-order valence-corrected chi connectivity index (χ1v) is 6.55. The molecule has 1 aromatic carbocycles. The number of alkyl halides is 1. The topological polar surface area (TPSA) is 64.4 Å². The zero-order valence-electron chi connectivity index (χ0n) is 10.3. The van der Waals surface area contributed by atoms with E-state index >= 15 is 0 Å². The zero-order valence-corrected chi connectivity index (χ0v) is 11.1. The summed E-state index contributed by atoms with van der Waals surface area (Å²) < 4.78 is 5.67. The summed E-state index contributed by atoms with van der Waals surface area (Å²) >= 11 is 5.59. The van der Waals surface area contributed by atoms with E-state index in [9.17, 15) is 0 Å². The third-order valence-corrected chi connectivity index (χ3v) is 2.84. The second kappa shape index (κ2) is 5.87. The average molecular weight is 266 g/mol. The SMILES string of the molecule is CCCCc1nc2ccc(N=C(N)CCl)cc2o1. The Bertz CT molecular complexity index is 562. The Morgan fingerprint density at radius 3 is 3.06 bits per heavy atom. The molecule has 0 bridgehead atoms. The first kappa shape index (κ1) is 12.9. The molecule has 1 aromatic heterocycles. The Morgan fingerprint density at radius 2 is 2.33 bits per heavy atom. The molecule has 2 aromatic rings. The summed E-state index contributed by atoms with van der Waals surface area (Å²) in [4.78, 5) is 8.59. The minimum absolute atomic E-state index is 0.218.